The van der Waals surface area contributed by atoms with Gasteiger partial charge in [0.15, 0.2) is 5.11 Å². The van der Waals surface area contributed by atoms with E-state index in [1.165, 1.54) is 11.0 Å². The summed E-state index contributed by atoms with van der Waals surface area (Å²) < 4.78 is 0. The molecule has 120 valence electrons. The summed E-state index contributed by atoms with van der Waals surface area (Å²) in [6, 6.07) is 9.17. The highest BCUT2D eigenvalue weighted by molar-refractivity contribution is 7.80. The lowest BCUT2D eigenvalue weighted by molar-refractivity contribution is -0.122. The van der Waals surface area contributed by atoms with Gasteiger partial charge in [0.1, 0.15) is 5.57 Å². The third-order valence-electron chi connectivity index (χ3n) is 3.58. The molecule has 1 fully saturated rings. The van der Waals surface area contributed by atoms with Gasteiger partial charge < -0.3 is 0 Å². The lowest BCUT2D eigenvalue weighted by atomic mass is 10.1. The van der Waals surface area contributed by atoms with E-state index in [0.717, 1.165) is 16.7 Å². The van der Waals surface area contributed by atoms with Crippen LogP contribution in [0.25, 0.3) is 6.08 Å². The van der Waals surface area contributed by atoms with Crippen LogP contribution in [0.1, 0.15) is 16.7 Å². The highest BCUT2D eigenvalue weighted by Gasteiger charge is 2.34. The van der Waals surface area contributed by atoms with Crippen LogP contribution >= 0.6 is 12.2 Å². The van der Waals surface area contributed by atoms with Gasteiger partial charge in [-0.25, -0.2) is 0 Å². The van der Waals surface area contributed by atoms with E-state index in [4.69, 9.17) is 12.2 Å². The van der Waals surface area contributed by atoms with Crippen LogP contribution in [-0.2, 0) is 9.59 Å². The van der Waals surface area contributed by atoms with Crippen molar-refractivity contribution < 1.29 is 9.59 Å². The van der Waals surface area contributed by atoms with Gasteiger partial charge in [0.05, 0.1) is 5.69 Å². The molecule has 5 nitrogen and oxygen atoms in total. The van der Waals surface area contributed by atoms with E-state index in [9.17, 15) is 9.59 Å². The third-order valence-corrected chi connectivity index (χ3v) is 3.87. The van der Waals surface area contributed by atoms with Crippen LogP contribution in [0, 0.1) is 13.8 Å². The summed E-state index contributed by atoms with van der Waals surface area (Å²) in [7, 11) is 0. The maximum Gasteiger partial charge on any atom is 0.270 e. The molecule has 1 aromatic heterocycles. The monoisotopic (exact) mass is 337 g/mol. The van der Waals surface area contributed by atoms with Crippen molar-refractivity contribution in [1.82, 2.24) is 10.3 Å². The fourth-order valence-electron chi connectivity index (χ4n) is 2.60. The predicted octanol–water partition coefficient (Wildman–Crippen LogP) is 2.53. The average Bonchev–Trinajstić information content (AvgIpc) is 2.51. The molecular formula is C18H15N3O2S. The number of carbonyl (C=O) groups is 2. The van der Waals surface area contributed by atoms with Gasteiger partial charge in [0.2, 0.25) is 0 Å². The number of aromatic nitrogens is 1. The smallest absolute Gasteiger partial charge is 0.270 e. The topological polar surface area (TPSA) is 62.3 Å². The summed E-state index contributed by atoms with van der Waals surface area (Å²) in [4.78, 5) is 30.3. The molecule has 0 radical (unpaired) electrons. The number of thiocarbonyl (C=S) groups is 1. The Bertz CT molecular complexity index is 855. The Hall–Kier alpha value is -2.86. The Morgan fingerprint density at radius 3 is 2.33 bits per heavy atom. The molecule has 1 aliphatic heterocycles. The van der Waals surface area contributed by atoms with Crippen LogP contribution in [0.5, 0.6) is 0 Å². The molecule has 0 aliphatic carbocycles. The van der Waals surface area contributed by atoms with E-state index in [0.29, 0.717) is 5.69 Å². The highest BCUT2D eigenvalue weighted by atomic mass is 32.1. The zero-order valence-corrected chi connectivity index (χ0v) is 14.1. The predicted molar refractivity (Wildman–Crippen MR) is 96.4 cm³/mol. The van der Waals surface area contributed by atoms with E-state index in [1.807, 2.05) is 32.0 Å². The Balaban J connectivity index is 2.05. The molecule has 0 spiro atoms. The number of hydrogen-bond acceptors (Lipinski definition) is 4. The maximum atomic E-state index is 12.9. The second kappa shape index (κ2) is 6.33. The van der Waals surface area contributed by atoms with Gasteiger partial charge in [-0.1, -0.05) is 6.07 Å². The minimum absolute atomic E-state index is 0.0361. The molecule has 1 N–H and O–H groups in total. The lowest BCUT2D eigenvalue weighted by Crippen LogP contribution is -2.54. The molecule has 2 heterocycles. The highest BCUT2D eigenvalue weighted by Crippen LogP contribution is 2.24. The van der Waals surface area contributed by atoms with Crippen molar-refractivity contribution in [3.8, 4) is 0 Å². The number of anilines is 1. The van der Waals surface area contributed by atoms with Crippen molar-refractivity contribution in [2.45, 2.75) is 13.8 Å². The molecule has 2 aromatic rings. The fraction of sp³-hybridized carbons (Fsp3) is 0.111. The molecule has 0 atom stereocenters. The molecule has 1 aromatic carbocycles. The summed E-state index contributed by atoms with van der Waals surface area (Å²) >= 11 is 5.20. The Morgan fingerprint density at radius 1 is 1.08 bits per heavy atom. The van der Waals surface area contributed by atoms with Gasteiger partial charge in [-0.2, -0.15) is 0 Å². The zero-order chi connectivity index (χ0) is 17.3. The van der Waals surface area contributed by atoms with E-state index in [1.54, 1.807) is 24.5 Å². The summed E-state index contributed by atoms with van der Waals surface area (Å²) in [5.41, 5.74) is 3.42. The Labute approximate surface area is 145 Å². The van der Waals surface area contributed by atoms with Crippen molar-refractivity contribution in [3.63, 3.8) is 0 Å². The Morgan fingerprint density at radius 2 is 1.71 bits per heavy atom. The molecule has 0 unspecified atom stereocenters. The third kappa shape index (κ3) is 3.09. The van der Waals surface area contributed by atoms with Crippen LogP contribution in [0.15, 0.2) is 48.3 Å². The summed E-state index contributed by atoms with van der Waals surface area (Å²) in [6.45, 7) is 3.89. The first kappa shape index (κ1) is 16.0. The molecule has 3 rings (SSSR count). The standard InChI is InChI=1S/C18H15N3O2S/c1-11-7-12(2)9-14(8-11)21-17(23)15(16(22)20-18(21)24)10-13-3-5-19-6-4-13/h3-10H,1-2H3,(H,20,22,24)/b15-10+. The number of benzene rings is 1. The number of rotatable bonds is 2. The van der Waals surface area contributed by atoms with Gasteiger partial charge in [0, 0.05) is 12.4 Å². The number of amides is 2. The second-order valence-corrected chi connectivity index (χ2v) is 5.97. The molecule has 6 heteroatoms. The number of nitrogens with zero attached hydrogens (tertiary/aromatic N) is 2. The van der Waals surface area contributed by atoms with Gasteiger partial charge >= 0.3 is 0 Å². The van der Waals surface area contributed by atoms with Crippen molar-refractivity contribution in [3.05, 3.63) is 65.0 Å². The van der Waals surface area contributed by atoms with E-state index >= 15 is 0 Å². The number of nitrogens with one attached hydrogen (secondary N) is 1. The first-order valence-electron chi connectivity index (χ1n) is 7.35. The number of hydrogen-bond donors (Lipinski definition) is 1. The molecular weight excluding hydrogens is 322 g/mol. The van der Waals surface area contributed by atoms with Crippen molar-refractivity contribution in [1.29, 1.82) is 0 Å². The van der Waals surface area contributed by atoms with Crippen molar-refractivity contribution in [2.75, 3.05) is 4.90 Å². The molecule has 1 aliphatic rings. The van der Waals surface area contributed by atoms with Crippen LogP contribution < -0.4 is 10.2 Å². The van der Waals surface area contributed by atoms with E-state index in [-0.39, 0.29) is 10.7 Å². The molecule has 0 bridgehead atoms. The normalized spacial score (nSPS) is 16.5. The minimum Gasteiger partial charge on any atom is -0.298 e. The SMILES string of the molecule is Cc1cc(C)cc(N2C(=O)/C(=C/c3ccncc3)C(=O)NC2=S)c1. The molecule has 24 heavy (non-hydrogen) atoms. The molecule has 0 saturated carbocycles. The van der Waals surface area contributed by atoms with Crippen LogP contribution in [-0.4, -0.2) is 21.9 Å². The van der Waals surface area contributed by atoms with Crippen LogP contribution in [0.2, 0.25) is 0 Å². The molecule has 1 saturated heterocycles. The molecule has 2 amide bonds. The van der Waals surface area contributed by atoms with Gasteiger partial charge in [-0.05, 0) is 73.1 Å². The van der Waals surface area contributed by atoms with Crippen molar-refractivity contribution in [2.24, 2.45) is 0 Å². The summed E-state index contributed by atoms with van der Waals surface area (Å²) in [6.07, 6.45) is 4.74. The zero-order valence-electron chi connectivity index (χ0n) is 13.2. The van der Waals surface area contributed by atoms with Crippen LogP contribution in [0.4, 0.5) is 5.69 Å². The van der Waals surface area contributed by atoms with E-state index < -0.39 is 11.8 Å². The van der Waals surface area contributed by atoms with E-state index in [2.05, 4.69) is 10.3 Å². The van der Waals surface area contributed by atoms with Gasteiger partial charge in [0.25, 0.3) is 11.8 Å². The van der Waals surface area contributed by atoms with Gasteiger partial charge in [-0.3, -0.25) is 24.8 Å². The fourth-order valence-corrected chi connectivity index (χ4v) is 2.88. The average molecular weight is 337 g/mol. The maximum absolute atomic E-state index is 12.9. The number of aryl methyl sites for hydroxylation is 2. The first-order valence-corrected chi connectivity index (χ1v) is 7.76. The summed E-state index contributed by atoms with van der Waals surface area (Å²) in [5, 5.41) is 2.67. The van der Waals surface area contributed by atoms with Crippen molar-refractivity contribution >= 4 is 40.9 Å². The quantitative estimate of drug-likeness (QED) is 0.520. The number of carbonyl (C=O) groups excluding carboxylic acids is 2. The minimum atomic E-state index is -0.498. The first-order chi connectivity index (χ1) is 11.5. The number of pyridine rings is 1. The van der Waals surface area contributed by atoms with Crippen LogP contribution in [0.3, 0.4) is 0 Å². The van der Waals surface area contributed by atoms with Gasteiger partial charge in [-0.15, -0.1) is 0 Å². The largest absolute Gasteiger partial charge is 0.298 e. The second-order valence-electron chi connectivity index (χ2n) is 5.58. The Kier molecular flexibility index (Phi) is 4.22. The lowest BCUT2D eigenvalue weighted by Gasteiger charge is -2.29. The summed E-state index contributed by atoms with van der Waals surface area (Å²) in [5.74, 6) is -0.937.